The first kappa shape index (κ1) is 15.4. The van der Waals surface area contributed by atoms with E-state index in [0.717, 1.165) is 16.7 Å². The average molecular weight is 286 g/mol. The van der Waals surface area contributed by atoms with Crippen LogP contribution in [0.15, 0.2) is 18.2 Å². The molecule has 1 aromatic rings. The summed E-state index contributed by atoms with van der Waals surface area (Å²) in [5.74, 6) is -1.56. The summed E-state index contributed by atoms with van der Waals surface area (Å²) >= 11 is 0. The van der Waals surface area contributed by atoms with Crippen molar-refractivity contribution in [1.82, 2.24) is 0 Å². The van der Waals surface area contributed by atoms with Crippen molar-refractivity contribution in [3.63, 3.8) is 0 Å². The van der Waals surface area contributed by atoms with Crippen molar-refractivity contribution >= 4 is 0 Å². The van der Waals surface area contributed by atoms with Crippen molar-refractivity contribution in [3.05, 3.63) is 34.9 Å². The van der Waals surface area contributed by atoms with Crippen LogP contribution in [0.25, 0.3) is 0 Å². The monoisotopic (exact) mass is 286 g/mol. The second-order valence-corrected chi connectivity index (χ2v) is 5.97. The first-order valence-electron chi connectivity index (χ1n) is 7.11. The van der Waals surface area contributed by atoms with Crippen molar-refractivity contribution in [2.24, 2.45) is 11.8 Å². The summed E-state index contributed by atoms with van der Waals surface area (Å²) in [5.41, 5.74) is 2.81. The van der Waals surface area contributed by atoms with Gasteiger partial charge in [0.25, 0.3) is 0 Å². The van der Waals surface area contributed by atoms with Gasteiger partial charge in [-0.3, -0.25) is 0 Å². The summed E-state index contributed by atoms with van der Waals surface area (Å²) < 4.78 is 38.5. The van der Waals surface area contributed by atoms with E-state index in [-0.39, 0.29) is 18.8 Å². The lowest BCUT2D eigenvalue weighted by Crippen LogP contribution is -2.31. The van der Waals surface area contributed by atoms with Crippen LogP contribution in [0.5, 0.6) is 0 Å². The minimum Gasteiger partial charge on any atom is -0.388 e. The second-order valence-electron chi connectivity index (χ2n) is 5.97. The van der Waals surface area contributed by atoms with Gasteiger partial charge in [-0.2, -0.15) is 13.2 Å². The Balaban J connectivity index is 2.14. The van der Waals surface area contributed by atoms with Crippen molar-refractivity contribution in [2.45, 2.75) is 51.8 Å². The van der Waals surface area contributed by atoms with Gasteiger partial charge in [0.05, 0.1) is 12.0 Å². The standard InChI is InChI=1S/C16H21F3O/c1-10-6-7-14(11(2)8-10)15(20)12-4-3-5-13(9-12)16(17,18)19/h6-8,12-13,15,20H,3-5,9H2,1-2H3. The lowest BCUT2D eigenvalue weighted by molar-refractivity contribution is -0.189. The quantitative estimate of drug-likeness (QED) is 0.835. The van der Waals surface area contributed by atoms with Crippen LogP contribution in [0.1, 0.15) is 48.5 Å². The summed E-state index contributed by atoms with van der Waals surface area (Å²) in [4.78, 5) is 0. The molecule has 0 saturated heterocycles. The first-order chi connectivity index (χ1) is 9.29. The molecule has 112 valence electrons. The third-order valence-corrected chi connectivity index (χ3v) is 4.37. The highest BCUT2D eigenvalue weighted by Crippen LogP contribution is 2.44. The van der Waals surface area contributed by atoms with E-state index in [1.54, 1.807) is 0 Å². The minimum absolute atomic E-state index is 0.0397. The van der Waals surface area contributed by atoms with E-state index in [0.29, 0.717) is 12.8 Å². The van der Waals surface area contributed by atoms with Crippen molar-refractivity contribution < 1.29 is 18.3 Å². The molecule has 0 radical (unpaired) electrons. The summed E-state index contributed by atoms with van der Waals surface area (Å²) in [6.45, 7) is 3.86. The molecule has 0 bridgehead atoms. The Morgan fingerprint density at radius 2 is 1.90 bits per heavy atom. The topological polar surface area (TPSA) is 20.2 Å². The molecular weight excluding hydrogens is 265 g/mol. The highest BCUT2D eigenvalue weighted by molar-refractivity contribution is 5.32. The van der Waals surface area contributed by atoms with Gasteiger partial charge < -0.3 is 5.11 Å². The van der Waals surface area contributed by atoms with Gasteiger partial charge in [0.2, 0.25) is 0 Å². The highest BCUT2D eigenvalue weighted by atomic mass is 19.4. The molecule has 0 heterocycles. The molecule has 2 rings (SSSR count). The zero-order valence-corrected chi connectivity index (χ0v) is 11.9. The molecule has 1 aromatic carbocycles. The summed E-state index contributed by atoms with van der Waals surface area (Å²) in [6, 6.07) is 5.70. The van der Waals surface area contributed by atoms with Crippen molar-refractivity contribution in [2.75, 3.05) is 0 Å². The van der Waals surface area contributed by atoms with Gasteiger partial charge in [-0.1, -0.05) is 30.2 Å². The molecule has 3 unspecified atom stereocenters. The number of hydrogen-bond acceptors (Lipinski definition) is 1. The maximum absolute atomic E-state index is 12.8. The Morgan fingerprint density at radius 3 is 2.50 bits per heavy atom. The van der Waals surface area contributed by atoms with Gasteiger partial charge in [0.15, 0.2) is 0 Å². The van der Waals surface area contributed by atoms with Crippen LogP contribution in [-0.4, -0.2) is 11.3 Å². The van der Waals surface area contributed by atoms with Crippen molar-refractivity contribution in [1.29, 1.82) is 0 Å². The number of halogens is 3. The number of aliphatic hydroxyl groups is 1. The number of benzene rings is 1. The molecule has 1 aliphatic carbocycles. The zero-order chi connectivity index (χ0) is 14.9. The van der Waals surface area contributed by atoms with E-state index >= 15 is 0 Å². The molecule has 0 amide bonds. The fraction of sp³-hybridized carbons (Fsp3) is 0.625. The van der Waals surface area contributed by atoms with Gasteiger partial charge in [0, 0.05) is 0 Å². The highest BCUT2D eigenvalue weighted by Gasteiger charge is 2.43. The third kappa shape index (κ3) is 3.35. The molecule has 1 aliphatic rings. The molecular formula is C16H21F3O. The maximum atomic E-state index is 12.8. The minimum atomic E-state index is -4.14. The molecule has 0 aliphatic heterocycles. The summed E-state index contributed by atoms with van der Waals surface area (Å²) in [5, 5.41) is 10.4. The van der Waals surface area contributed by atoms with Crippen molar-refractivity contribution in [3.8, 4) is 0 Å². The number of rotatable bonds is 2. The van der Waals surface area contributed by atoms with E-state index in [2.05, 4.69) is 0 Å². The normalized spacial score (nSPS) is 25.5. The Hall–Kier alpha value is -1.03. The van der Waals surface area contributed by atoms with Gasteiger partial charge >= 0.3 is 6.18 Å². The van der Waals surface area contributed by atoms with Crippen LogP contribution < -0.4 is 0 Å². The maximum Gasteiger partial charge on any atom is 0.391 e. The molecule has 1 fully saturated rings. The summed E-state index contributed by atoms with van der Waals surface area (Å²) in [7, 11) is 0. The predicted octanol–water partition coefficient (Wildman–Crippen LogP) is 4.71. The smallest absolute Gasteiger partial charge is 0.388 e. The van der Waals surface area contributed by atoms with E-state index in [9.17, 15) is 18.3 Å². The SMILES string of the molecule is Cc1ccc(C(O)C2CCCC(C(F)(F)F)C2)c(C)c1. The zero-order valence-electron chi connectivity index (χ0n) is 11.9. The van der Waals surface area contributed by atoms with E-state index < -0.39 is 18.2 Å². The largest absolute Gasteiger partial charge is 0.391 e. The average Bonchev–Trinajstić information content (AvgIpc) is 2.37. The number of hydrogen-bond donors (Lipinski definition) is 1. The van der Waals surface area contributed by atoms with Gasteiger partial charge in [-0.25, -0.2) is 0 Å². The van der Waals surface area contributed by atoms with Gasteiger partial charge in [0.1, 0.15) is 0 Å². The molecule has 0 aromatic heterocycles. The molecule has 1 nitrogen and oxygen atoms in total. The molecule has 0 spiro atoms. The first-order valence-corrected chi connectivity index (χ1v) is 7.11. The Morgan fingerprint density at radius 1 is 1.20 bits per heavy atom. The van der Waals surface area contributed by atoms with Crippen LogP contribution in [0.2, 0.25) is 0 Å². The number of alkyl halides is 3. The molecule has 20 heavy (non-hydrogen) atoms. The van der Waals surface area contributed by atoms with Crippen LogP contribution in [0, 0.1) is 25.7 Å². The third-order valence-electron chi connectivity index (χ3n) is 4.37. The predicted molar refractivity (Wildman–Crippen MR) is 72.4 cm³/mol. The Bertz CT molecular complexity index is 467. The molecule has 1 saturated carbocycles. The number of aryl methyl sites for hydroxylation is 2. The molecule has 1 N–H and O–H groups in total. The van der Waals surface area contributed by atoms with Crippen LogP contribution in [0.4, 0.5) is 13.2 Å². The van der Waals surface area contributed by atoms with Crippen LogP contribution in [-0.2, 0) is 0 Å². The Kier molecular flexibility index (Phi) is 4.43. The van der Waals surface area contributed by atoms with Crippen LogP contribution in [0.3, 0.4) is 0 Å². The molecule has 4 heteroatoms. The van der Waals surface area contributed by atoms with E-state index in [1.807, 2.05) is 32.0 Å². The lowest BCUT2D eigenvalue weighted by atomic mass is 9.76. The van der Waals surface area contributed by atoms with E-state index in [1.165, 1.54) is 0 Å². The van der Waals surface area contributed by atoms with Gasteiger partial charge in [-0.05, 0) is 50.2 Å². The van der Waals surface area contributed by atoms with Gasteiger partial charge in [-0.15, -0.1) is 0 Å². The number of aliphatic hydroxyl groups excluding tert-OH is 1. The lowest BCUT2D eigenvalue weighted by Gasteiger charge is -2.33. The molecule has 3 atom stereocenters. The summed E-state index contributed by atoms with van der Waals surface area (Å²) in [6.07, 6.45) is -3.49. The second kappa shape index (κ2) is 5.76. The van der Waals surface area contributed by atoms with Crippen LogP contribution >= 0.6 is 0 Å². The fourth-order valence-corrected chi connectivity index (χ4v) is 3.22. The Labute approximate surface area is 117 Å². The fourth-order valence-electron chi connectivity index (χ4n) is 3.22. The van der Waals surface area contributed by atoms with E-state index in [4.69, 9.17) is 0 Å².